The van der Waals surface area contributed by atoms with Crippen molar-refractivity contribution in [3.8, 4) is 0 Å². The molecule has 106 valence electrons. The Labute approximate surface area is 121 Å². The lowest BCUT2D eigenvalue weighted by Gasteiger charge is -2.13. The van der Waals surface area contributed by atoms with Crippen molar-refractivity contribution in [2.24, 2.45) is 0 Å². The molecule has 1 aromatic heterocycles. The zero-order valence-electron chi connectivity index (χ0n) is 11.9. The van der Waals surface area contributed by atoms with Gasteiger partial charge in [-0.15, -0.1) is 0 Å². The minimum absolute atomic E-state index is 0.00681. The molecule has 1 aromatic carbocycles. The summed E-state index contributed by atoms with van der Waals surface area (Å²) >= 11 is 0. The Kier molecular flexibility index (Phi) is 3.09. The molecule has 0 aliphatic heterocycles. The van der Waals surface area contributed by atoms with Crippen LogP contribution in [0.3, 0.4) is 0 Å². The maximum absolute atomic E-state index is 12.6. The van der Waals surface area contributed by atoms with Crippen molar-refractivity contribution in [3.63, 3.8) is 0 Å². The summed E-state index contributed by atoms with van der Waals surface area (Å²) in [6.45, 7) is 3.34. The van der Waals surface area contributed by atoms with Crippen molar-refractivity contribution in [2.45, 2.75) is 26.7 Å². The van der Waals surface area contributed by atoms with E-state index in [0.29, 0.717) is 23.3 Å². The maximum atomic E-state index is 12.6. The summed E-state index contributed by atoms with van der Waals surface area (Å²) in [4.78, 5) is 37.0. The predicted molar refractivity (Wildman–Crippen MR) is 76.0 cm³/mol. The van der Waals surface area contributed by atoms with Gasteiger partial charge in [-0.3, -0.25) is 14.4 Å². The van der Waals surface area contributed by atoms with Gasteiger partial charge in [-0.05, 0) is 13.3 Å². The first-order chi connectivity index (χ1) is 10.1. The quantitative estimate of drug-likeness (QED) is 0.692. The highest BCUT2D eigenvalue weighted by atomic mass is 16.4. The van der Waals surface area contributed by atoms with Gasteiger partial charge in [0.05, 0.1) is 11.1 Å². The molecule has 0 fully saturated rings. The van der Waals surface area contributed by atoms with E-state index in [4.69, 9.17) is 4.42 Å². The van der Waals surface area contributed by atoms with Crippen LogP contribution in [0.2, 0.25) is 0 Å². The second-order valence-corrected chi connectivity index (χ2v) is 5.11. The van der Waals surface area contributed by atoms with Crippen LogP contribution in [0.4, 0.5) is 0 Å². The standard InChI is InChI=1S/C17H14O4/c1-3-6-12-13(9(2)18)14-15(19)10-7-4-5-8-11(10)16(20)17(14)21-12/h4-5,7-8H,3,6H2,1-2H3. The minimum Gasteiger partial charge on any atom is -0.456 e. The zero-order chi connectivity index (χ0) is 15.1. The third kappa shape index (κ3) is 1.87. The van der Waals surface area contributed by atoms with E-state index >= 15 is 0 Å². The number of hydrogen-bond acceptors (Lipinski definition) is 4. The van der Waals surface area contributed by atoms with Crippen LogP contribution >= 0.6 is 0 Å². The van der Waals surface area contributed by atoms with E-state index in [1.54, 1.807) is 24.3 Å². The highest BCUT2D eigenvalue weighted by Gasteiger charge is 2.37. The van der Waals surface area contributed by atoms with Gasteiger partial charge in [0.15, 0.2) is 17.3 Å². The molecular weight excluding hydrogens is 268 g/mol. The smallest absolute Gasteiger partial charge is 0.229 e. The lowest BCUT2D eigenvalue weighted by atomic mass is 9.85. The number of furan rings is 1. The zero-order valence-corrected chi connectivity index (χ0v) is 11.9. The Balaban J connectivity index is 2.30. The van der Waals surface area contributed by atoms with Crippen LogP contribution in [0.25, 0.3) is 0 Å². The average molecular weight is 282 g/mol. The van der Waals surface area contributed by atoms with E-state index in [0.717, 1.165) is 6.42 Å². The monoisotopic (exact) mass is 282 g/mol. The molecule has 1 aliphatic rings. The van der Waals surface area contributed by atoms with E-state index in [1.807, 2.05) is 6.92 Å². The van der Waals surface area contributed by atoms with Crippen molar-refractivity contribution in [1.82, 2.24) is 0 Å². The van der Waals surface area contributed by atoms with Gasteiger partial charge in [-0.2, -0.15) is 0 Å². The average Bonchev–Trinajstić information content (AvgIpc) is 2.85. The number of hydrogen-bond donors (Lipinski definition) is 0. The molecule has 0 atom stereocenters. The maximum Gasteiger partial charge on any atom is 0.229 e. The molecule has 4 heteroatoms. The largest absolute Gasteiger partial charge is 0.456 e. The number of ketones is 3. The van der Waals surface area contributed by atoms with E-state index < -0.39 is 0 Å². The highest BCUT2D eigenvalue weighted by Crippen LogP contribution is 2.34. The fourth-order valence-corrected chi connectivity index (χ4v) is 2.77. The fourth-order valence-electron chi connectivity index (χ4n) is 2.77. The van der Waals surface area contributed by atoms with E-state index in [1.165, 1.54) is 6.92 Å². The molecule has 0 amide bonds. The molecule has 0 N–H and O–H groups in total. The molecule has 0 radical (unpaired) electrons. The van der Waals surface area contributed by atoms with Crippen molar-refractivity contribution < 1.29 is 18.8 Å². The molecule has 0 spiro atoms. The highest BCUT2D eigenvalue weighted by molar-refractivity contribution is 6.30. The van der Waals surface area contributed by atoms with Gasteiger partial charge in [0.25, 0.3) is 0 Å². The first kappa shape index (κ1) is 13.5. The van der Waals surface area contributed by atoms with Crippen LogP contribution in [0.15, 0.2) is 28.7 Å². The summed E-state index contributed by atoms with van der Waals surface area (Å²) in [6, 6.07) is 6.62. The van der Waals surface area contributed by atoms with Gasteiger partial charge in [-0.1, -0.05) is 31.2 Å². The summed E-state index contributed by atoms with van der Waals surface area (Å²) < 4.78 is 5.59. The summed E-state index contributed by atoms with van der Waals surface area (Å²) in [7, 11) is 0. The van der Waals surface area contributed by atoms with Crippen LogP contribution in [0.1, 0.15) is 68.4 Å². The lowest BCUT2D eigenvalue weighted by molar-refractivity contribution is 0.0956. The fraction of sp³-hybridized carbons (Fsp3) is 0.235. The lowest BCUT2D eigenvalue weighted by Crippen LogP contribution is -2.21. The molecule has 1 heterocycles. The van der Waals surface area contributed by atoms with Gasteiger partial charge in [0.2, 0.25) is 5.78 Å². The second kappa shape index (κ2) is 4.81. The summed E-state index contributed by atoms with van der Waals surface area (Å²) in [5.74, 6) is -0.442. The molecule has 3 rings (SSSR count). The SMILES string of the molecule is CCCc1oc2c(c1C(C)=O)C(=O)c1ccccc1C2=O. The molecule has 21 heavy (non-hydrogen) atoms. The van der Waals surface area contributed by atoms with Crippen LogP contribution in [0.5, 0.6) is 0 Å². The minimum atomic E-state index is -0.329. The predicted octanol–water partition coefficient (Wildman–Crippen LogP) is 3.21. The number of carbonyl (C=O) groups excluding carboxylic acids is 3. The van der Waals surface area contributed by atoms with E-state index in [-0.39, 0.29) is 34.2 Å². The Hall–Kier alpha value is -2.49. The second-order valence-electron chi connectivity index (χ2n) is 5.11. The summed E-state index contributed by atoms with van der Waals surface area (Å²) in [5.41, 5.74) is 1.07. The topological polar surface area (TPSA) is 64.3 Å². The Morgan fingerprint density at radius 3 is 2.29 bits per heavy atom. The molecule has 0 bridgehead atoms. The first-order valence-electron chi connectivity index (χ1n) is 6.91. The third-order valence-electron chi connectivity index (χ3n) is 3.66. The molecule has 0 saturated carbocycles. The van der Waals surface area contributed by atoms with Crippen molar-refractivity contribution in [3.05, 3.63) is 58.0 Å². The number of rotatable bonds is 3. The van der Waals surface area contributed by atoms with Crippen molar-refractivity contribution in [2.75, 3.05) is 0 Å². The van der Waals surface area contributed by atoms with Gasteiger partial charge >= 0.3 is 0 Å². The Morgan fingerprint density at radius 2 is 1.71 bits per heavy atom. The molecule has 0 unspecified atom stereocenters. The Bertz CT molecular complexity index is 780. The van der Waals surface area contributed by atoms with Gasteiger partial charge in [0.1, 0.15) is 5.76 Å². The van der Waals surface area contributed by atoms with Crippen molar-refractivity contribution >= 4 is 17.3 Å². The molecule has 4 nitrogen and oxygen atoms in total. The first-order valence-corrected chi connectivity index (χ1v) is 6.91. The number of Topliss-reactive ketones (excluding diaryl/α,β-unsaturated/α-hetero) is 1. The number of fused-ring (bicyclic) bond motifs is 2. The molecule has 2 aromatic rings. The van der Waals surface area contributed by atoms with Gasteiger partial charge in [0, 0.05) is 17.5 Å². The molecule has 0 saturated heterocycles. The normalized spacial score (nSPS) is 13.0. The third-order valence-corrected chi connectivity index (χ3v) is 3.66. The number of aryl methyl sites for hydroxylation is 1. The van der Waals surface area contributed by atoms with Crippen LogP contribution in [-0.2, 0) is 6.42 Å². The van der Waals surface area contributed by atoms with E-state index in [9.17, 15) is 14.4 Å². The Morgan fingerprint density at radius 1 is 1.10 bits per heavy atom. The van der Waals surface area contributed by atoms with Crippen LogP contribution < -0.4 is 0 Å². The number of carbonyl (C=O) groups is 3. The summed E-state index contributed by atoms with van der Waals surface area (Å²) in [5, 5.41) is 0. The van der Waals surface area contributed by atoms with Crippen LogP contribution in [0, 0.1) is 0 Å². The summed E-state index contributed by atoms with van der Waals surface area (Å²) in [6.07, 6.45) is 1.29. The molecular formula is C17H14O4. The van der Waals surface area contributed by atoms with E-state index in [2.05, 4.69) is 0 Å². The van der Waals surface area contributed by atoms with Crippen molar-refractivity contribution in [1.29, 1.82) is 0 Å². The number of benzene rings is 1. The van der Waals surface area contributed by atoms with Crippen LogP contribution in [-0.4, -0.2) is 17.3 Å². The van der Waals surface area contributed by atoms with Gasteiger partial charge < -0.3 is 4.42 Å². The van der Waals surface area contributed by atoms with Gasteiger partial charge in [-0.25, -0.2) is 0 Å². The molecule has 1 aliphatic carbocycles.